The van der Waals surface area contributed by atoms with E-state index in [-0.39, 0.29) is 12.6 Å². The van der Waals surface area contributed by atoms with Crippen LogP contribution in [0.2, 0.25) is 0 Å². The Morgan fingerprint density at radius 2 is 1.79 bits per heavy atom. The SMILES string of the molecule is CCOC(=O)C1=C(CN(C)CCCOc2ccccc2)NC(=O)NC1c1ccc(OC)cc1. The Hall–Kier alpha value is -3.52. The van der Waals surface area contributed by atoms with E-state index in [0.717, 1.165) is 24.3 Å². The van der Waals surface area contributed by atoms with Gasteiger partial charge in [0.25, 0.3) is 0 Å². The molecule has 0 aromatic heterocycles. The van der Waals surface area contributed by atoms with Gasteiger partial charge in [-0.3, -0.25) is 0 Å². The van der Waals surface area contributed by atoms with Gasteiger partial charge in [-0.1, -0.05) is 30.3 Å². The highest BCUT2D eigenvalue weighted by atomic mass is 16.5. The zero-order valence-corrected chi connectivity index (χ0v) is 19.3. The minimum absolute atomic E-state index is 0.242. The van der Waals surface area contributed by atoms with E-state index in [4.69, 9.17) is 14.2 Å². The van der Waals surface area contributed by atoms with Crippen LogP contribution >= 0.6 is 0 Å². The van der Waals surface area contributed by atoms with Crippen molar-refractivity contribution < 1.29 is 23.8 Å². The third-order valence-corrected chi connectivity index (χ3v) is 5.22. The lowest BCUT2D eigenvalue weighted by molar-refractivity contribution is -0.139. The van der Waals surface area contributed by atoms with Crippen LogP contribution in [0.25, 0.3) is 0 Å². The molecule has 33 heavy (non-hydrogen) atoms. The number of esters is 1. The molecule has 0 aliphatic carbocycles. The van der Waals surface area contributed by atoms with E-state index >= 15 is 0 Å². The first kappa shape index (κ1) is 24.1. The Morgan fingerprint density at radius 3 is 2.45 bits per heavy atom. The molecule has 3 rings (SSSR count). The van der Waals surface area contributed by atoms with Crippen molar-refractivity contribution >= 4 is 12.0 Å². The molecule has 1 heterocycles. The molecule has 1 atom stereocenters. The van der Waals surface area contributed by atoms with E-state index in [1.165, 1.54) is 0 Å². The molecule has 2 N–H and O–H groups in total. The van der Waals surface area contributed by atoms with Gasteiger partial charge in [0.15, 0.2) is 0 Å². The van der Waals surface area contributed by atoms with Crippen LogP contribution in [-0.2, 0) is 9.53 Å². The number of nitrogens with zero attached hydrogens (tertiary/aromatic N) is 1. The number of carbonyl (C=O) groups excluding carboxylic acids is 2. The van der Waals surface area contributed by atoms with E-state index < -0.39 is 12.0 Å². The lowest BCUT2D eigenvalue weighted by atomic mass is 9.95. The third-order valence-electron chi connectivity index (χ3n) is 5.22. The van der Waals surface area contributed by atoms with Gasteiger partial charge in [0.1, 0.15) is 11.5 Å². The average molecular weight is 454 g/mol. The molecule has 0 fully saturated rings. The maximum absolute atomic E-state index is 12.9. The topological polar surface area (TPSA) is 89.1 Å². The predicted molar refractivity (Wildman–Crippen MR) is 125 cm³/mol. The van der Waals surface area contributed by atoms with Crippen LogP contribution in [0.5, 0.6) is 11.5 Å². The molecule has 8 nitrogen and oxygen atoms in total. The number of methoxy groups -OCH3 is 1. The standard InChI is InChI=1S/C25H31N3O5/c1-4-32-24(29)22-21(17-28(2)15-8-16-33-20-9-6-5-7-10-20)26-25(30)27-23(22)18-11-13-19(31-3)14-12-18/h5-7,9-14,23H,4,8,15-17H2,1-3H3,(H2,26,27,30). The number of urea groups is 1. The van der Waals surface area contributed by atoms with Crippen LogP contribution in [-0.4, -0.2) is 57.4 Å². The van der Waals surface area contributed by atoms with Crippen LogP contribution in [0.15, 0.2) is 65.9 Å². The summed E-state index contributed by atoms with van der Waals surface area (Å²) < 4.78 is 16.3. The molecule has 0 saturated carbocycles. The fourth-order valence-corrected chi connectivity index (χ4v) is 3.63. The summed E-state index contributed by atoms with van der Waals surface area (Å²) in [5, 5.41) is 5.65. The summed E-state index contributed by atoms with van der Waals surface area (Å²) in [6.07, 6.45) is 0.793. The molecule has 2 amide bonds. The molecule has 2 aromatic rings. The number of ether oxygens (including phenoxy) is 3. The maximum atomic E-state index is 12.9. The van der Waals surface area contributed by atoms with E-state index in [1.807, 2.05) is 54.4 Å². The largest absolute Gasteiger partial charge is 0.497 e. The van der Waals surface area contributed by atoms with Crippen LogP contribution in [0.1, 0.15) is 24.9 Å². The van der Waals surface area contributed by atoms with E-state index in [1.54, 1.807) is 26.2 Å². The number of likely N-dealkylation sites (N-methyl/N-ethyl adjacent to an activating group) is 1. The molecule has 176 valence electrons. The highest BCUT2D eigenvalue weighted by Gasteiger charge is 2.34. The van der Waals surface area contributed by atoms with Gasteiger partial charge in [0.05, 0.1) is 31.9 Å². The van der Waals surface area contributed by atoms with Gasteiger partial charge in [0, 0.05) is 18.8 Å². The third kappa shape index (κ3) is 6.73. The molecule has 1 aliphatic heterocycles. The van der Waals surface area contributed by atoms with Gasteiger partial charge in [-0.25, -0.2) is 9.59 Å². The smallest absolute Gasteiger partial charge is 0.338 e. The van der Waals surface area contributed by atoms with Crippen molar-refractivity contribution in [2.75, 3.05) is 40.5 Å². The highest BCUT2D eigenvalue weighted by Crippen LogP contribution is 2.29. The van der Waals surface area contributed by atoms with Crippen molar-refractivity contribution in [2.45, 2.75) is 19.4 Å². The first-order valence-corrected chi connectivity index (χ1v) is 11.0. The second-order valence-electron chi connectivity index (χ2n) is 7.67. The zero-order valence-electron chi connectivity index (χ0n) is 19.3. The minimum atomic E-state index is -0.617. The van der Waals surface area contributed by atoms with Crippen LogP contribution in [0.4, 0.5) is 4.79 Å². The number of amides is 2. The van der Waals surface area contributed by atoms with Crippen molar-refractivity contribution in [3.8, 4) is 11.5 Å². The summed E-state index contributed by atoms with van der Waals surface area (Å²) in [6.45, 7) is 3.68. The Morgan fingerprint density at radius 1 is 1.06 bits per heavy atom. The highest BCUT2D eigenvalue weighted by molar-refractivity contribution is 5.95. The van der Waals surface area contributed by atoms with E-state index in [9.17, 15) is 9.59 Å². The summed E-state index contributed by atoms with van der Waals surface area (Å²) in [5.74, 6) is 1.07. The van der Waals surface area contributed by atoms with Crippen molar-refractivity contribution in [1.82, 2.24) is 15.5 Å². The molecular formula is C25H31N3O5. The van der Waals surface area contributed by atoms with Gasteiger partial charge in [-0.05, 0) is 50.2 Å². The van der Waals surface area contributed by atoms with Crippen molar-refractivity contribution in [2.24, 2.45) is 0 Å². The minimum Gasteiger partial charge on any atom is -0.497 e. The van der Waals surface area contributed by atoms with Crippen LogP contribution in [0, 0.1) is 0 Å². The quantitative estimate of drug-likeness (QED) is 0.401. The van der Waals surface area contributed by atoms with Crippen LogP contribution < -0.4 is 20.1 Å². The Labute approximate surface area is 194 Å². The molecule has 8 heteroatoms. The molecule has 0 spiro atoms. The zero-order chi connectivity index (χ0) is 23.6. The molecule has 1 aliphatic rings. The fourth-order valence-electron chi connectivity index (χ4n) is 3.63. The molecule has 2 aromatic carbocycles. The second-order valence-corrected chi connectivity index (χ2v) is 7.67. The number of benzene rings is 2. The summed E-state index contributed by atoms with van der Waals surface area (Å²) in [4.78, 5) is 27.4. The first-order chi connectivity index (χ1) is 16.0. The molecule has 0 radical (unpaired) electrons. The van der Waals surface area contributed by atoms with E-state index in [0.29, 0.717) is 30.2 Å². The lowest BCUT2D eigenvalue weighted by Gasteiger charge is -2.31. The van der Waals surface area contributed by atoms with Gasteiger partial charge < -0.3 is 29.7 Å². The van der Waals surface area contributed by atoms with Gasteiger partial charge >= 0.3 is 12.0 Å². The summed E-state index contributed by atoms with van der Waals surface area (Å²) in [7, 11) is 3.53. The molecule has 0 bridgehead atoms. The Kier molecular flexibility index (Phi) is 8.71. The van der Waals surface area contributed by atoms with Gasteiger partial charge in [-0.15, -0.1) is 0 Å². The predicted octanol–water partition coefficient (Wildman–Crippen LogP) is 3.27. The molecule has 1 unspecified atom stereocenters. The molecule has 0 saturated heterocycles. The summed E-state index contributed by atoms with van der Waals surface area (Å²) >= 11 is 0. The fraction of sp³-hybridized carbons (Fsp3) is 0.360. The number of hydrogen-bond donors (Lipinski definition) is 2. The number of hydrogen-bond acceptors (Lipinski definition) is 6. The van der Waals surface area contributed by atoms with Crippen molar-refractivity contribution in [3.05, 3.63) is 71.4 Å². The second kappa shape index (κ2) is 11.9. The van der Waals surface area contributed by atoms with Gasteiger partial charge in [-0.2, -0.15) is 0 Å². The van der Waals surface area contributed by atoms with Crippen molar-refractivity contribution in [3.63, 3.8) is 0 Å². The van der Waals surface area contributed by atoms with Crippen LogP contribution in [0.3, 0.4) is 0 Å². The maximum Gasteiger partial charge on any atom is 0.338 e. The van der Waals surface area contributed by atoms with Crippen molar-refractivity contribution in [1.29, 1.82) is 0 Å². The number of para-hydroxylation sites is 1. The first-order valence-electron chi connectivity index (χ1n) is 11.0. The lowest BCUT2D eigenvalue weighted by Crippen LogP contribution is -2.48. The number of carbonyl (C=O) groups is 2. The normalized spacial score (nSPS) is 15.6. The Bertz CT molecular complexity index is 960. The summed E-state index contributed by atoms with van der Waals surface area (Å²) in [5.41, 5.74) is 1.70. The monoisotopic (exact) mass is 453 g/mol. The average Bonchev–Trinajstić information content (AvgIpc) is 2.82. The molecular weight excluding hydrogens is 422 g/mol. The van der Waals surface area contributed by atoms with E-state index in [2.05, 4.69) is 10.6 Å². The number of rotatable bonds is 11. The van der Waals surface area contributed by atoms with Gasteiger partial charge in [0.2, 0.25) is 0 Å². The Balaban J connectivity index is 1.72. The number of nitrogens with one attached hydrogen (secondary N) is 2. The summed E-state index contributed by atoms with van der Waals surface area (Å²) in [6, 6.07) is 15.9.